The van der Waals surface area contributed by atoms with Gasteiger partial charge in [0.15, 0.2) is 0 Å². The molecule has 0 saturated carbocycles. The lowest BCUT2D eigenvalue weighted by Gasteiger charge is -2.46. The van der Waals surface area contributed by atoms with Crippen molar-refractivity contribution in [2.45, 2.75) is 31.3 Å². The number of benzene rings is 2. The highest BCUT2D eigenvalue weighted by molar-refractivity contribution is 5.93. The second-order valence-electron chi connectivity index (χ2n) is 7.37. The first-order valence-corrected chi connectivity index (χ1v) is 8.45. The minimum Gasteiger partial charge on any atom is -0.497 e. The summed E-state index contributed by atoms with van der Waals surface area (Å²) >= 11 is 0. The maximum atomic E-state index is 13.5. The van der Waals surface area contributed by atoms with Crippen LogP contribution in [0.4, 0.5) is 0 Å². The summed E-state index contributed by atoms with van der Waals surface area (Å²) in [5.74, 6) is 1.49. The van der Waals surface area contributed by atoms with E-state index in [1.165, 1.54) is 0 Å². The number of fused-ring (bicyclic) bond motifs is 1. The molecule has 4 heteroatoms. The van der Waals surface area contributed by atoms with Crippen molar-refractivity contribution in [3.05, 3.63) is 59.7 Å². The summed E-state index contributed by atoms with van der Waals surface area (Å²) in [6.07, 6.45) is 0.557. The molecule has 0 bridgehead atoms. The average Bonchev–Trinajstić information content (AvgIpc) is 2.59. The van der Waals surface area contributed by atoms with Gasteiger partial charge in [-0.05, 0) is 37.6 Å². The van der Waals surface area contributed by atoms with E-state index in [0.29, 0.717) is 12.2 Å². The van der Waals surface area contributed by atoms with E-state index >= 15 is 0 Å². The van der Waals surface area contributed by atoms with Crippen molar-refractivity contribution in [3.63, 3.8) is 0 Å². The Morgan fingerprint density at radius 3 is 2.40 bits per heavy atom. The molecule has 1 heterocycles. The quantitative estimate of drug-likeness (QED) is 0.857. The summed E-state index contributed by atoms with van der Waals surface area (Å²) in [5.41, 5.74) is 0.551. The molecule has 0 fully saturated rings. The van der Waals surface area contributed by atoms with Crippen LogP contribution in [0, 0.1) is 0 Å². The van der Waals surface area contributed by atoms with E-state index in [2.05, 4.69) is 0 Å². The second kappa shape index (κ2) is 6.10. The molecule has 0 radical (unpaired) electrons. The van der Waals surface area contributed by atoms with Crippen molar-refractivity contribution in [2.24, 2.45) is 0 Å². The summed E-state index contributed by atoms with van der Waals surface area (Å²) in [5, 5.41) is 0. The van der Waals surface area contributed by atoms with E-state index < -0.39 is 11.0 Å². The molecule has 0 saturated heterocycles. The first-order valence-electron chi connectivity index (χ1n) is 8.45. The number of carbonyl (C=O) groups is 1. The molecule has 0 spiro atoms. The highest BCUT2D eigenvalue weighted by Crippen LogP contribution is 2.50. The zero-order valence-electron chi connectivity index (χ0n) is 15.5. The van der Waals surface area contributed by atoms with Gasteiger partial charge >= 0.3 is 0 Å². The molecule has 3 rings (SSSR count). The fraction of sp³-hybridized carbons (Fsp3) is 0.381. The number of methoxy groups -OCH3 is 1. The lowest BCUT2D eigenvalue weighted by Crippen LogP contribution is -2.53. The van der Waals surface area contributed by atoms with E-state index in [1.54, 1.807) is 26.1 Å². The predicted octanol–water partition coefficient (Wildman–Crippen LogP) is 3.63. The molecule has 132 valence electrons. The van der Waals surface area contributed by atoms with Crippen LogP contribution in [0.25, 0.3) is 0 Å². The number of hydrogen-bond acceptors (Lipinski definition) is 3. The topological polar surface area (TPSA) is 38.8 Å². The van der Waals surface area contributed by atoms with Crippen LogP contribution in [-0.4, -0.2) is 37.6 Å². The Labute approximate surface area is 149 Å². The lowest BCUT2D eigenvalue weighted by atomic mass is 9.65. The number of carbonyl (C=O) groups excluding carboxylic acids is 1. The molecule has 4 nitrogen and oxygen atoms in total. The molecule has 1 unspecified atom stereocenters. The molecule has 0 N–H and O–H groups in total. The maximum absolute atomic E-state index is 13.5. The summed E-state index contributed by atoms with van der Waals surface area (Å²) in [6.45, 7) is 4.06. The molecule has 2 aromatic rings. The molecule has 25 heavy (non-hydrogen) atoms. The summed E-state index contributed by atoms with van der Waals surface area (Å²) in [7, 11) is 5.23. The predicted molar refractivity (Wildman–Crippen MR) is 98.2 cm³/mol. The van der Waals surface area contributed by atoms with E-state index in [-0.39, 0.29) is 5.91 Å². The van der Waals surface area contributed by atoms with Crippen LogP contribution in [0.3, 0.4) is 0 Å². The third kappa shape index (κ3) is 2.86. The molecular formula is C21H25NO3. The van der Waals surface area contributed by atoms with Gasteiger partial charge in [0.2, 0.25) is 5.91 Å². The molecule has 0 aromatic heterocycles. The molecule has 1 aliphatic rings. The Morgan fingerprint density at radius 1 is 1.12 bits per heavy atom. The van der Waals surface area contributed by atoms with Crippen molar-refractivity contribution >= 4 is 5.91 Å². The highest BCUT2D eigenvalue weighted by Gasteiger charge is 2.52. The third-order valence-electron chi connectivity index (χ3n) is 4.76. The highest BCUT2D eigenvalue weighted by atomic mass is 16.5. The summed E-state index contributed by atoms with van der Waals surface area (Å²) < 4.78 is 11.6. The van der Waals surface area contributed by atoms with Gasteiger partial charge in [0.1, 0.15) is 22.5 Å². The Balaban J connectivity index is 2.36. The van der Waals surface area contributed by atoms with E-state index in [0.717, 1.165) is 16.9 Å². The number of hydrogen-bond donors (Lipinski definition) is 0. The van der Waals surface area contributed by atoms with Gasteiger partial charge < -0.3 is 14.4 Å². The van der Waals surface area contributed by atoms with Crippen molar-refractivity contribution in [1.29, 1.82) is 0 Å². The minimum absolute atomic E-state index is 0.0459. The number of rotatable bonds is 3. The second-order valence-corrected chi connectivity index (χ2v) is 7.37. The smallest absolute Gasteiger partial charge is 0.237 e. The van der Waals surface area contributed by atoms with Crippen molar-refractivity contribution in [1.82, 2.24) is 4.90 Å². The fourth-order valence-corrected chi connectivity index (χ4v) is 3.80. The molecule has 1 amide bonds. The van der Waals surface area contributed by atoms with Gasteiger partial charge in [-0.2, -0.15) is 0 Å². The van der Waals surface area contributed by atoms with Gasteiger partial charge in [-0.3, -0.25) is 4.79 Å². The maximum Gasteiger partial charge on any atom is 0.237 e. The number of nitrogens with zero attached hydrogens (tertiary/aromatic N) is 1. The Hall–Kier alpha value is -2.49. The Morgan fingerprint density at radius 2 is 1.80 bits per heavy atom. The minimum atomic E-state index is -0.809. The summed E-state index contributed by atoms with van der Waals surface area (Å²) in [6, 6.07) is 15.7. The largest absolute Gasteiger partial charge is 0.497 e. The van der Waals surface area contributed by atoms with E-state index in [1.807, 2.05) is 62.4 Å². The van der Waals surface area contributed by atoms with Gasteiger partial charge in [-0.25, -0.2) is 0 Å². The molecule has 2 aromatic carbocycles. The van der Waals surface area contributed by atoms with E-state index in [4.69, 9.17) is 9.47 Å². The SMILES string of the molecule is COc1ccc2c(c1)C(C(=O)N(C)C)(c1ccccc1)CC(C)(C)O2. The van der Waals surface area contributed by atoms with Crippen molar-refractivity contribution < 1.29 is 14.3 Å². The number of ether oxygens (including phenoxy) is 2. The van der Waals surface area contributed by atoms with Crippen LogP contribution in [0.2, 0.25) is 0 Å². The van der Waals surface area contributed by atoms with Crippen molar-refractivity contribution in [3.8, 4) is 11.5 Å². The first-order chi connectivity index (χ1) is 11.8. The van der Waals surface area contributed by atoms with Crippen LogP contribution < -0.4 is 9.47 Å². The molecule has 0 aliphatic carbocycles. The van der Waals surface area contributed by atoms with Crippen LogP contribution >= 0.6 is 0 Å². The zero-order chi connectivity index (χ0) is 18.2. The van der Waals surface area contributed by atoms with Crippen molar-refractivity contribution in [2.75, 3.05) is 21.2 Å². The normalized spacial score (nSPS) is 21.0. The number of amides is 1. The van der Waals surface area contributed by atoms with Gasteiger partial charge in [0, 0.05) is 26.1 Å². The van der Waals surface area contributed by atoms with Gasteiger partial charge in [-0.15, -0.1) is 0 Å². The van der Waals surface area contributed by atoms with Crippen LogP contribution in [0.15, 0.2) is 48.5 Å². The molecule has 1 aliphatic heterocycles. The molecular weight excluding hydrogens is 314 g/mol. The first kappa shape index (κ1) is 17.3. The van der Waals surface area contributed by atoms with Gasteiger partial charge in [0.25, 0.3) is 0 Å². The van der Waals surface area contributed by atoms with Crippen LogP contribution in [-0.2, 0) is 10.2 Å². The Kier molecular flexibility index (Phi) is 4.23. The van der Waals surface area contributed by atoms with Crippen LogP contribution in [0.1, 0.15) is 31.4 Å². The standard InChI is InChI=1S/C21H25NO3/c1-20(2)14-21(19(23)22(3)4,15-9-7-6-8-10-15)17-13-16(24-5)11-12-18(17)25-20/h6-13H,14H2,1-5H3. The monoisotopic (exact) mass is 339 g/mol. The number of likely N-dealkylation sites (N-methyl/N-ethyl adjacent to an activating group) is 1. The van der Waals surface area contributed by atoms with Gasteiger partial charge in [0.05, 0.1) is 7.11 Å². The summed E-state index contributed by atoms with van der Waals surface area (Å²) in [4.78, 5) is 15.2. The zero-order valence-corrected chi connectivity index (χ0v) is 15.5. The van der Waals surface area contributed by atoms with Gasteiger partial charge in [-0.1, -0.05) is 30.3 Å². The van der Waals surface area contributed by atoms with Crippen LogP contribution in [0.5, 0.6) is 11.5 Å². The van der Waals surface area contributed by atoms with E-state index in [9.17, 15) is 4.79 Å². The third-order valence-corrected chi connectivity index (χ3v) is 4.76. The molecule has 1 atom stereocenters. The fourth-order valence-electron chi connectivity index (χ4n) is 3.80. The Bertz CT molecular complexity index is 783. The average molecular weight is 339 g/mol. The lowest BCUT2D eigenvalue weighted by molar-refractivity contribution is -0.136.